The number of aliphatic hydroxyl groups excluding tert-OH is 1. The maximum Gasteiger partial charge on any atom is 0.347 e. The highest BCUT2D eigenvalue weighted by Crippen LogP contribution is 2.61. The molecular formula is C37H56O9. The molecule has 9 atom stereocenters. The lowest BCUT2D eigenvalue weighted by Gasteiger charge is -2.59. The van der Waals surface area contributed by atoms with Crippen molar-refractivity contribution < 1.29 is 43.2 Å². The highest BCUT2D eigenvalue weighted by Gasteiger charge is 2.58. The van der Waals surface area contributed by atoms with Crippen LogP contribution < -0.4 is 0 Å². The number of hydrogen-bond acceptors (Lipinski definition) is 9. The molecule has 9 nitrogen and oxygen atoms in total. The molecule has 46 heavy (non-hydrogen) atoms. The van der Waals surface area contributed by atoms with Gasteiger partial charge in [0, 0.05) is 6.42 Å². The molecule has 7 rings (SSSR count). The Morgan fingerprint density at radius 2 is 1.65 bits per heavy atom. The predicted molar refractivity (Wildman–Crippen MR) is 168 cm³/mol. The van der Waals surface area contributed by atoms with Gasteiger partial charge in [-0.3, -0.25) is 14.4 Å². The number of rotatable bonds is 11. The van der Waals surface area contributed by atoms with Gasteiger partial charge in [0.25, 0.3) is 0 Å². The molecule has 1 heterocycles. The lowest BCUT2D eigenvalue weighted by molar-refractivity contribution is -0.208. The number of aliphatic hydroxyl groups is 1. The molecule has 5 unspecified atom stereocenters. The average molecular weight is 645 g/mol. The molecule has 258 valence electrons. The molecule has 0 amide bonds. The van der Waals surface area contributed by atoms with Gasteiger partial charge in [0.15, 0.2) is 0 Å². The first-order valence-corrected chi connectivity index (χ1v) is 18.1. The van der Waals surface area contributed by atoms with E-state index in [9.17, 15) is 24.3 Å². The SMILES string of the molecule is C[C@@H](C[C@@H](C[C@@H]1C2CC(CC2C(O)CC(=O)OC(C)(C)C)[C@@H]1C)C(=O)OC1(C)C2CC3CC(C2)CC1C3)C(=O)OC1CCOC1=O. The van der Waals surface area contributed by atoms with Gasteiger partial charge in [-0.2, -0.15) is 0 Å². The minimum Gasteiger partial charge on any atom is -0.463 e. The first-order valence-electron chi connectivity index (χ1n) is 18.1. The second-order valence-electron chi connectivity index (χ2n) is 17.3. The summed E-state index contributed by atoms with van der Waals surface area (Å²) in [4.78, 5) is 52.1. The van der Waals surface area contributed by atoms with Crippen molar-refractivity contribution in [2.24, 2.45) is 65.1 Å². The fourth-order valence-corrected chi connectivity index (χ4v) is 10.9. The molecule has 0 radical (unpaired) electrons. The zero-order chi connectivity index (χ0) is 33.1. The van der Waals surface area contributed by atoms with Crippen LogP contribution in [0.3, 0.4) is 0 Å². The van der Waals surface area contributed by atoms with Gasteiger partial charge in [-0.25, -0.2) is 4.79 Å². The van der Waals surface area contributed by atoms with Gasteiger partial charge in [-0.15, -0.1) is 0 Å². The van der Waals surface area contributed by atoms with Gasteiger partial charge in [-0.1, -0.05) is 13.8 Å². The predicted octanol–water partition coefficient (Wildman–Crippen LogP) is 5.64. The molecule has 7 aliphatic rings. The van der Waals surface area contributed by atoms with E-state index in [1.807, 2.05) is 20.8 Å². The molecule has 6 aliphatic carbocycles. The summed E-state index contributed by atoms with van der Waals surface area (Å²) in [6.45, 7) is 11.9. The minimum atomic E-state index is -0.884. The maximum absolute atomic E-state index is 14.3. The Labute approximate surface area is 274 Å². The van der Waals surface area contributed by atoms with Crippen LogP contribution in [0.4, 0.5) is 0 Å². The summed E-state index contributed by atoms with van der Waals surface area (Å²) in [7, 11) is 0. The number of cyclic esters (lactones) is 1. The first kappa shape index (κ1) is 33.7. The van der Waals surface area contributed by atoms with Crippen LogP contribution in [0.15, 0.2) is 0 Å². The summed E-state index contributed by atoms with van der Waals surface area (Å²) >= 11 is 0. The zero-order valence-electron chi connectivity index (χ0n) is 28.7. The lowest BCUT2D eigenvalue weighted by Crippen LogP contribution is -2.58. The molecule has 1 saturated heterocycles. The molecule has 1 N–H and O–H groups in total. The van der Waals surface area contributed by atoms with Gasteiger partial charge < -0.3 is 24.1 Å². The van der Waals surface area contributed by atoms with Gasteiger partial charge in [-0.05, 0) is 139 Å². The van der Waals surface area contributed by atoms with Crippen molar-refractivity contribution in [3.63, 3.8) is 0 Å². The summed E-state index contributed by atoms with van der Waals surface area (Å²) in [6, 6.07) is 0. The highest BCUT2D eigenvalue weighted by molar-refractivity contribution is 5.82. The Bertz CT molecular complexity index is 1160. The Hall–Kier alpha value is -2.16. The van der Waals surface area contributed by atoms with Crippen molar-refractivity contribution in [3.05, 3.63) is 0 Å². The topological polar surface area (TPSA) is 125 Å². The molecule has 0 aromatic carbocycles. The average Bonchev–Trinajstić information content (AvgIpc) is 3.65. The van der Waals surface area contributed by atoms with E-state index in [0.29, 0.717) is 36.5 Å². The van der Waals surface area contributed by atoms with Gasteiger partial charge in [0.1, 0.15) is 11.2 Å². The molecule has 6 bridgehead atoms. The number of ether oxygens (including phenoxy) is 4. The Morgan fingerprint density at radius 3 is 2.22 bits per heavy atom. The summed E-state index contributed by atoms with van der Waals surface area (Å²) in [6.07, 6.45) is 7.14. The highest BCUT2D eigenvalue weighted by atomic mass is 16.6. The number of carbonyl (C=O) groups is 4. The van der Waals surface area contributed by atoms with Crippen LogP contribution in [-0.2, 0) is 38.1 Å². The monoisotopic (exact) mass is 644 g/mol. The Balaban J connectivity index is 1.17. The molecule has 1 aliphatic heterocycles. The van der Waals surface area contributed by atoms with Crippen LogP contribution in [0.2, 0.25) is 0 Å². The maximum atomic E-state index is 14.3. The van der Waals surface area contributed by atoms with Gasteiger partial charge in [0.05, 0.1) is 31.0 Å². The number of fused-ring (bicyclic) bond motifs is 2. The summed E-state index contributed by atoms with van der Waals surface area (Å²) < 4.78 is 22.6. The van der Waals surface area contributed by atoms with Crippen molar-refractivity contribution in [3.8, 4) is 0 Å². The summed E-state index contributed by atoms with van der Waals surface area (Å²) in [5.41, 5.74) is -1.09. The van der Waals surface area contributed by atoms with Crippen molar-refractivity contribution >= 4 is 23.9 Å². The zero-order valence-corrected chi connectivity index (χ0v) is 28.7. The van der Waals surface area contributed by atoms with Crippen LogP contribution in [0, 0.1) is 65.1 Å². The standard InChI is InChI=1S/C37H56O9/c1-19(33(40)44-31-7-8-43-35(31)42)9-24(34(41)46-37(6)25-11-21-10-22(13-25)14-26(37)12-21)17-27-20(2)23-15-28(27)29(16-23)30(38)18-32(39)45-36(3,4)5/h19-31,38H,7-18H2,1-6H3/t19-,20-,21?,22?,23?,24-,25?,26?,27-,28?,29?,30?,31?,37?/m0/s1. The molecule has 0 spiro atoms. The fraction of sp³-hybridized carbons (Fsp3) is 0.892. The Kier molecular flexibility index (Phi) is 9.31. The van der Waals surface area contributed by atoms with Crippen LogP contribution >= 0.6 is 0 Å². The van der Waals surface area contributed by atoms with Crippen LogP contribution in [0.5, 0.6) is 0 Å². The second-order valence-corrected chi connectivity index (χ2v) is 17.3. The Morgan fingerprint density at radius 1 is 1.00 bits per heavy atom. The lowest BCUT2D eigenvalue weighted by atomic mass is 9.50. The largest absolute Gasteiger partial charge is 0.463 e. The third-order valence-electron chi connectivity index (χ3n) is 13.1. The van der Waals surface area contributed by atoms with E-state index in [-0.39, 0.29) is 43.2 Å². The van der Waals surface area contributed by atoms with E-state index < -0.39 is 53.2 Å². The van der Waals surface area contributed by atoms with Crippen molar-refractivity contribution in [1.29, 1.82) is 0 Å². The summed E-state index contributed by atoms with van der Waals surface area (Å²) in [5, 5.41) is 11.2. The molecular weight excluding hydrogens is 588 g/mol. The van der Waals surface area contributed by atoms with E-state index >= 15 is 0 Å². The van der Waals surface area contributed by atoms with E-state index in [1.54, 1.807) is 6.92 Å². The summed E-state index contributed by atoms with van der Waals surface area (Å²) in [5.74, 6) is 0.627. The molecule has 9 heteroatoms. The molecule has 6 saturated carbocycles. The van der Waals surface area contributed by atoms with E-state index in [2.05, 4.69) is 13.8 Å². The van der Waals surface area contributed by atoms with Crippen LogP contribution in [0.1, 0.15) is 112 Å². The van der Waals surface area contributed by atoms with Crippen molar-refractivity contribution in [2.45, 2.75) is 136 Å². The molecule has 0 aromatic rings. The third-order valence-corrected chi connectivity index (χ3v) is 13.1. The molecule has 7 fully saturated rings. The number of hydrogen-bond donors (Lipinski definition) is 1. The quantitative estimate of drug-likeness (QED) is 0.225. The van der Waals surface area contributed by atoms with E-state index in [4.69, 9.17) is 18.9 Å². The van der Waals surface area contributed by atoms with Crippen LogP contribution in [-0.4, -0.2) is 59.0 Å². The second kappa shape index (κ2) is 12.7. The number of esters is 4. The molecule has 0 aromatic heterocycles. The van der Waals surface area contributed by atoms with E-state index in [0.717, 1.165) is 50.4 Å². The third kappa shape index (κ3) is 6.73. The number of carbonyl (C=O) groups excluding carboxylic acids is 4. The van der Waals surface area contributed by atoms with Crippen molar-refractivity contribution in [2.75, 3.05) is 6.61 Å². The first-order chi connectivity index (χ1) is 21.6. The van der Waals surface area contributed by atoms with Crippen molar-refractivity contribution in [1.82, 2.24) is 0 Å². The van der Waals surface area contributed by atoms with Gasteiger partial charge >= 0.3 is 23.9 Å². The normalized spacial score (nSPS) is 41.2. The fourth-order valence-electron chi connectivity index (χ4n) is 10.9. The smallest absolute Gasteiger partial charge is 0.347 e. The minimum absolute atomic E-state index is 0.0342. The van der Waals surface area contributed by atoms with Crippen LogP contribution in [0.25, 0.3) is 0 Å². The van der Waals surface area contributed by atoms with Gasteiger partial charge in [0.2, 0.25) is 6.10 Å². The van der Waals surface area contributed by atoms with E-state index in [1.165, 1.54) is 6.42 Å².